The van der Waals surface area contributed by atoms with Crippen LogP contribution < -0.4 is 5.73 Å². The molecule has 1 aromatic heterocycles. The number of hydrogen-bond acceptors (Lipinski definition) is 2. The average molecular weight is 317 g/mol. The monoisotopic (exact) mass is 316 g/mol. The molecule has 3 aromatic rings. The second-order valence-corrected chi connectivity index (χ2v) is 6.45. The minimum absolute atomic E-state index is 0.655. The summed E-state index contributed by atoms with van der Waals surface area (Å²) < 4.78 is 2.25. The molecule has 3 rings (SSSR count). The van der Waals surface area contributed by atoms with Gasteiger partial charge in [0.05, 0.1) is 5.03 Å². The van der Waals surface area contributed by atoms with Crippen LogP contribution in [0.1, 0.15) is 5.56 Å². The van der Waals surface area contributed by atoms with E-state index in [1.807, 2.05) is 12.1 Å². The summed E-state index contributed by atoms with van der Waals surface area (Å²) in [5.74, 6) is 0. The quantitative estimate of drug-likeness (QED) is 0.769. The molecule has 4 heteroatoms. The molecule has 0 saturated carbocycles. The van der Waals surface area contributed by atoms with Gasteiger partial charge in [-0.1, -0.05) is 41.6 Å². The van der Waals surface area contributed by atoms with Gasteiger partial charge >= 0.3 is 0 Å². The summed E-state index contributed by atoms with van der Waals surface area (Å²) in [5.41, 5.74) is 8.38. The fourth-order valence-electron chi connectivity index (χ4n) is 2.58. The smallest absolute Gasteiger partial charge is 0.0837 e. The molecule has 0 unspecified atom stereocenters. The van der Waals surface area contributed by atoms with Crippen LogP contribution in [-0.2, 0) is 13.5 Å². The van der Waals surface area contributed by atoms with Crippen molar-refractivity contribution in [2.24, 2.45) is 12.8 Å². The molecular formula is C17H17ClN2S. The lowest BCUT2D eigenvalue weighted by Gasteiger charge is -2.07. The molecule has 0 atom stereocenters. The summed E-state index contributed by atoms with van der Waals surface area (Å²) in [7, 11) is 2.11. The Balaban J connectivity index is 2.09. The standard InChI is InChI=1S/C17H17ClN2S/c1-20-16-5-3-2-4-14(16)15(10-11-19)17(20)21-13-8-6-12(18)7-9-13/h2-9H,10-11,19H2,1H3. The number of aryl methyl sites for hydroxylation is 1. The van der Waals surface area contributed by atoms with Crippen LogP contribution >= 0.6 is 23.4 Å². The minimum Gasteiger partial charge on any atom is -0.338 e. The van der Waals surface area contributed by atoms with Crippen LogP contribution in [0.15, 0.2) is 58.5 Å². The van der Waals surface area contributed by atoms with Crippen LogP contribution in [0.25, 0.3) is 10.9 Å². The number of halogens is 1. The number of nitrogens with zero attached hydrogens (tertiary/aromatic N) is 1. The van der Waals surface area contributed by atoms with Gasteiger partial charge in [0, 0.05) is 27.9 Å². The molecule has 108 valence electrons. The zero-order chi connectivity index (χ0) is 14.8. The zero-order valence-electron chi connectivity index (χ0n) is 11.8. The molecule has 0 saturated heterocycles. The molecule has 2 N–H and O–H groups in total. The molecule has 0 aliphatic carbocycles. The molecule has 2 nitrogen and oxygen atoms in total. The maximum absolute atomic E-state index is 5.96. The molecule has 0 aliphatic heterocycles. The van der Waals surface area contributed by atoms with Gasteiger partial charge in [0.2, 0.25) is 0 Å². The predicted octanol–water partition coefficient (Wildman–Crippen LogP) is 4.48. The van der Waals surface area contributed by atoms with Crippen LogP contribution in [0.2, 0.25) is 5.02 Å². The third kappa shape index (κ3) is 2.82. The SMILES string of the molecule is Cn1c(Sc2ccc(Cl)cc2)c(CCN)c2ccccc21. The Bertz CT molecular complexity index is 762. The lowest BCUT2D eigenvalue weighted by atomic mass is 10.1. The number of benzene rings is 2. The zero-order valence-corrected chi connectivity index (χ0v) is 13.4. The van der Waals surface area contributed by atoms with Crippen molar-refractivity contribution in [3.05, 3.63) is 59.1 Å². The van der Waals surface area contributed by atoms with Gasteiger partial charge < -0.3 is 10.3 Å². The fourth-order valence-corrected chi connectivity index (χ4v) is 3.77. The molecule has 2 aromatic carbocycles. The van der Waals surface area contributed by atoms with Crippen molar-refractivity contribution < 1.29 is 0 Å². The van der Waals surface area contributed by atoms with E-state index >= 15 is 0 Å². The summed E-state index contributed by atoms with van der Waals surface area (Å²) >= 11 is 7.72. The van der Waals surface area contributed by atoms with Crippen LogP contribution in [0.5, 0.6) is 0 Å². The van der Waals surface area contributed by atoms with Crippen LogP contribution in [0.4, 0.5) is 0 Å². The van der Waals surface area contributed by atoms with E-state index in [0.717, 1.165) is 11.4 Å². The summed E-state index contributed by atoms with van der Waals surface area (Å²) in [6.07, 6.45) is 0.886. The van der Waals surface area contributed by atoms with Gasteiger partial charge in [0.1, 0.15) is 0 Å². The number of para-hydroxylation sites is 1. The van der Waals surface area contributed by atoms with Crippen molar-refractivity contribution in [3.8, 4) is 0 Å². The van der Waals surface area contributed by atoms with Crippen molar-refractivity contribution in [1.82, 2.24) is 4.57 Å². The van der Waals surface area contributed by atoms with E-state index in [-0.39, 0.29) is 0 Å². The van der Waals surface area contributed by atoms with Gasteiger partial charge in [0.25, 0.3) is 0 Å². The molecule has 1 heterocycles. The molecule has 0 bridgehead atoms. The Labute approximate surface area is 133 Å². The van der Waals surface area contributed by atoms with Gasteiger partial charge in [0.15, 0.2) is 0 Å². The third-order valence-corrected chi connectivity index (χ3v) is 5.05. The Morgan fingerprint density at radius 3 is 2.52 bits per heavy atom. The van der Waals surface area contributed by atoms with E-state index in [4.69, 9.17) is 17.3 Å². The molecule has 0 amide bonds. The van der Waals surface area contributed by atoms with Crippen LogP contribution in [0, 0.1) is 0 Å². The Morgan fingerprint density at radius 2 is 1.81 bits per heavy atom. The highest BCUT2D eigenvalue weighted by Gasteiger charge is 2.15. The summed E-state index contributed by atoms with van der Waals surface area (Å²) in [5, 5.41) is 3.31. The average Bonchev–Trinajstić information content (AvgIpc) is 2.76. The highest BCUT2D eigenvalue weighted by atomic mass is 35.5. The number of nitrogens with two attached hydrogens (primary N) is 1. The maximum Gasteiger partial charge on any atom is 0.0837 e. The van der Waals surface area contributed by atoms with E-state index in [0.29, 0.717) is 6.54 Å². The molecule has 0 fully saturated rings. The first kappa shape index (κ1) is 14.5. The first-order valence-corrected chi connectivity index (χ1v) is 8.10. The Hall–Kier alpha value is -1.42. The van der Waals surface area contributed by atoms with E-state index in [9.17, 15) is 0 Å². The fraction of sp³-hybridized carbons (Fsp3) is 0.176. The minimum atomic E-state index is 0.655. The Morgan fingerprint density at radius 1 is 1.10 bits per heavy atom. The number of rotatable bonds is 4. The first-order chi connectivity index (χ1) is 10.2. The van der Waals surface area contributed by atoms with Gasteiger partial charge in [-0.2, -0.15) is 0 Å². The second-order valence-electron chi connectivity index (χ2n) is 4.95. The van der Waals surface area contributed by atoms with Crippen molar-refractivity contribution in [2.45, 2.75) is 16.3 Å². The van der Waals surface area contributed by atoms with Crippen molar-refractivity contribution in [2.75, 3.05) is 6.54 Å². The second kappa shape index (κ2) is 6.14. The highest BCUT2D eigenvalue weighted by molar-refractivity contribution is 7.99. The van der Waals surface area contributed by atoms with E-state index in [1.165, 1.54) is 26.4 Å². The lowest BCUT2D eigenvalue weighted by molar-refractivity contribution is 0.826. The summed E-state index contributed by atoms with van der Waals surface area (Å²) in [6, 6.07) is 16.4. The number of hydrogen-bond donors (Lipinski definition) is 1. The summed E-state index contributed by atoms with van der Waals surface area (Å²) in [6.45, 7) is 0.655. The normalized spacial score (nSPS) is 11.2. The number of aromatic nitrogens is 1. The topological polar surface area (TPSA) is 30.9 Å². The van der Waals surface area contributed by atoms with Gasteiger partial charge in [-0.25, -0.2) is 0 Å². The molecule has 0 aliphatic rings. The largest absolute Gasteiger partial charge is 0.338 e. The molecular weight excluding hydrogens is 300 g/mol. The predicted molar refractivity (Wildman–Crippen MR) is 91.3 cm³/mol. The maximum atomic E-state index is 5.96. The van der Waals surface area contributed by atoms with E-state index in [2.05, 4.69) is 48.0 Å². The third-order valence-electron chi connectivity index (χ3n) is 3.58. The van der Waals surface area contributed by atoms with E-state index < -0.39 is 0 Å². The van der Waals surface area contributed by atoms with Crippen molar-refractivity contribution in [1.29, 1.82) is 0 Å². The van der Waals surface area contributed by atoms with Crippen LogP contribution in [-0.4, -0.2) is 11.1 Å². The number of fused-ring (bicyclic) bond motifs is 1. The van der Waals surface area contributed by atoms with Crippen molar-refractivity contribution in [3.63, 3.8) is 0 Å². The van der Waals surface area contributed by atoms with Crippen molar-refractivity contribution >= 4 is 34.3 Å². The van der Waals surface area contributed by atoms with Crippen LogP contribution in [0.3, 0.4) is 0 Å². The van der Waals surface area contributed by atoms with E-state index in [1.54, 1.807) is 11.8 Å². The van der Waals surface area contributed by atoms with Gasteiger partial charge in [-0.3, -0.25) is 0 Å². The lowest BCUT2D eigenvalue weighted by Crippen LogP contribution is -2.03. The Kier molecular flexibility index (Phi) is 4.24. The molecule has 0 spiro atoms. The molecule has 21 heavy (non-hydrogen) atoms. The highest BCUT2D eigenvalue weighted by Crippen LogP contribution is 2.37. The van der Waals surface area contributed by atoms with Gasteiger partial charge in [-0.05, 0) is 48.9 Å². The van der Waals surface area contributed by atoms with Gasteiger partial charge in [-0.15, -0.1) is 0 Å². The summed E-state index contributed by atoms with van der Waals surface area (Å²) in [4.78, 5) is 1.18. The first-order valence-electron chi connectivity index (χ1n) is 6.90. The molecule has 0 radical (unpaired) electrons.